The minimum atomic E-state index is 0.0806. The first kappa shape index (κ1) is 16.1. The fourth-order valence-corrected chi connectivity index (χ4v) is 3.94. The minimum Gasteiger partial charge on any atom is -0.473 e. The Bertz CT molecular complexity index is 740. The number of hydrogen-bond donors (Lipinski definition) is 1. The van der Waals surface area contributed by atoms with Crippen molar-refractivity contribution in [2.24, 2.45) is 0 Å². The van der Waals surface area contributed by atoms with E-state index in [1.54, 1.807) is 18.6 Å². The van der Waals surface area contributed by atoms with Crippen molar-refractivity contribution in [3.05, 3.63) is 53.5 Å². The molecule has 0 saturated heterocycles. The van der Waals surface area contributed by atoms with Crippen LogP contribution in [0.3, 0.4) is 0 Å². The van der Waals surface area contributed by atoms with Crippen LogP contribution in [-0.2, 0) is 12.8 Å². The molecule has 0 aliphatic heterocycles. The second-order valence-electron chi connectivity index (χ2n) is 6.91. The fourth-order valence-electron chi connectivity index (χ4n) is 3.94. The van der Waals surface area contributed by atoms with E-state index in [0.717, 1.165) is 50.5 Å². The predicted molar refractivity (Wildman–Crippen MR) is 94.6 cm³/mol. The number of carbonyl (C=O) groups is 1. The molecular weight excluding hydrogens is 314 g/mol. The van der Waals surface area contributed by atoms with Gasteiger partial charge in [0, 0.05) is 24.0 Å². The summed E-state index contributed by atoms with van der Waals surface area (Å²) in [4.78, 5) is 20.9. The molecule has 2 aromatic rings. The fraction of sp³-hybridized carbons (Fsp3) is 0.450. The number of aryl methyl sites for hydroxylation is 1. The highest BCUT2D eigenvalue weighted by Gasteiger charge is 2.26. The Morgan fingerprint density at radius 1 is 1.12 bits per heavy atom. The lowest BCUT2D eigenvalue weighted by molar-refractivity contribution is 0.0889. The van der Waals surface area contributed by atoms with Crippen LogP contribution in [0.25, 0.3) is 0 Å². The minimum absolute atomic E-state index is 0.0806. The summed E-state index contributed by atoms with van der Waals surface area (Å²) in [6.45, 7) is 0. The molecule has 0 unspecified atom stereocenters. The highest BCUT2D eigenvalue weighted by atomic mass is 16.5. The van der Waals surface area contributed by atoms with Crippen molar-refractivity contribution in [3.8, 4) is 5.88 Å². The SMILES string of the molecule is O=C(NC1CCC(Oc2cnccn2)CC1)c1cccc2c1CCC2. The largest absolute Gasteiger partial charge is 0.473 e. The van der Waals surface area contributed by atoms with Gasteiger partial charge in [-0.1, -0.05) is 12.1 Å². The molecule has 1 aromatic carbocycles. The summed E-state index contributed by atoms with van der Waals surface area (Å²) in [6.07, 6.45) is 12.1. The van der Waals surface area contributed by atoms with Crippen molar-refractivity contribution < 1.29 is 9.53 Å². The summed E-state index contributed by atoms with van der Waals surface area (Å²) in [5.74, 6) is 0.659. The lowest BCUT2D eigenvalue weighted by Crippen LogP contribution is -2.40. The number of fused-ring (bicyclic) bond motifs is 1. The Labute approximate surface area is 147 Å². The molecule has 5 nitrogen and oxygen atoms in total. The topological polar surface area (TPSA) is 64.1 Å². The summed E-state index contributed by atoms with van der Waals surface area (Å²) in [5.41, 5.74) is 3.46. The summed E-state index contributed by atoms with van der Waals surface area (Å²) in [7, 11) is 0. The molecule has 1 N–H and O–H groups in total. The molecule has 0 bridgehead atoms. The normalized spacial score (nSPS) is 22.2. The first-order chi connectivity index (χ1) is 12.3. The predicted octanol–water partition coefficient (Wildman–Crippen LogP) is 3.09. The highest BCUT2D eigenvalue weighted by Crippen LogP contribution is 2.26. The molecule has 1 amide bonds. The summed E-state index contributed by atoms with van der Waals surface area (Å²) in [6, 6.07) is 6.34. The van der Waals surface area contributed by atoms with Gasteiger partial charge in [-0.2, -0.15) is 0 Å². The smallest absolute Gasteiger partial charge is 0.251 e. The lowest BCUT2D eigenvalue weighted by Gasteiger charge is -2.29. The third kappa shape index (κ3) is 3.65. The average Bonchev–Trinajstić information content (AvgIpc) is 3.13. The van der Waals surface area contributed by atoms with Gasteiger partial charge in [-0.05, 0) is 62.1 Å². The van der Waals surface area contributed by atoms with Crippen LogP contribution in [0.4, 0.5) is 0 Å². The van der Waals surface area contributed by atoms with Crippen molar-refractivity contribution in [1.82, 2.24) is 15.3 Å². The molecule has 2 aliphatic rings. The van der Waals surface area contributed by atoms with Crippen molar-refractivity contribution in [2.45, 2.75) is 57.1 Å². The molecule has 0 spiro atoms. The number of rotatable bonds is 4. The third-order valence-corrected chi connectivity index (χ3v) is 5.23. The quantitative estimate of drug-likeness (QED) is 0.931. The highest BCUT2D eigenvalue weighted by molar-refractivity contribution is 5.96. The van der Waals surface area contributed by atoms with E-state index in [0.29, 0.717) is 5.88 Å². The molecule has 4 rings (SSSR count). The van der Waals surface area contributed by atoms with Crippen LogP contribution in [0, 0.1) is 0 Å². The van der Waals surface area contributed by atoms with Gasteiger partial charge < -0.3 is 10.1 Å². The molecule has 130 valence electrons. The molecule has 1 heterocycles. The van der Waals surface area contributed by atoms with Crippen LogP contribution in [-0.4, -0.2) is 28.0 Å². The maximum Gasteiger partial charge on any atom is 0.251 e. The van der Waals surface area contributed by atoms with Gasteiger partial charge in [-0.3, -0.25) is 9.78 Å². The molecule has 1 saturated carbocycles. The van der Waals surface area contributed by atoms with E-state index in [2.05, 4.69) is 21.4 Å². The van der Waals surface area contributed by atoms with Crippen LogP contribution >= 0.6 is 0 Å². The first-order valence-corrected chi connectivity index (χ1v) is 9.14. The standard InChI is InChI=1S/C20H23N3O2/c24-20(18-6-2-4-14-3-1-5-17(14)18)23-15-7-9-16(10-8-15)25-19-13-21-11-12-22-19/h2,4,6,11-13,15-16H,1,3,5,7-10H2,(H,23,24). The maximum absolute atomic E-state index is 12.7. The first-order valence-electron chi connectivity index (χ1n) is 9.14. The molecule has 25 heavy (non-hydrogen) atoms. The van der Waals surface area contributed by atoms with Crippen molar-refractivity contribution >= 4 is 5.91 Å². The Kier molecular flexibility index (Phi) is 4.63. The zero-order valence-corrected chi connectivity index (χ0v) is 14.3. The maximum atomic E-state index is 12.7. The molecule has 1 fully saturated rings. The van der Waals surface area contributed by atoms with E-state index in [1.807, 2.05) is 12.1 Å². The molecule has 2 aliphatic carbocycles. The van der Waals surface area contributed by atoms with Crippen LogP contribution in [0.5, 0.6) is 5.88 Å². The van der Waals surface area contributed by atoms with Crippen LogP contribution in [0.15, 0.2) is 36.8 Å². The van der Waals surface area contributed by atoms with Crippen molar-refractivity contribution in [2.75, 3.05) is 0 Å². The Morgan fingerprint density at radius 3 is 2.80 bits per heavy atom. The number of benzene rings is 1. The Balaban J connectivity index is 1.32. The molecule has 0 atom stereocenters. The van der Waals surface area contributed by atoms with Gasteiger partial charge in [0.25, 0.3) is 5.91 Å². The Morgan fingerprint density at radius 2 is 2.00 bits per heavy atom. The number of nitrogens with zero attached hydrogens (tertiary/aromatic N) is 2. The van der Waals surface area contributed by atoms with Crippen LogP contribution in [0.1, 0.15) is 53.6 Å². The van der Waals surface area contributed by atoms with E-state index in [9.17, 15) is 4.79 Å². The summed E-state index contributed by atoms with van der Waals surface area (Å²) < 4.78 is 5.87. The van der Waals surface area contributed by atoms with Crippen LogP contribution < -0.4 is 10.1 Å². The Hall–Kier alpha value is -2.43. The molecule has 5 heteroatoms. The van der Waals surface area contributed by atoms with Crippen molar-refractivity contribution in [3.63, 3.8) is 0 Å². The van der Waals surface area contributed by atoms with Crippen molar-refractivity contribution in [1.29, 1.82) is 0 Å². The van der Waals surface area contributed by atoms with E-state index in [-0.39, 0.29) is 18.1 Å². The van der Waals surface area contributed by atoms with E-state index >= 15 is 0 Å². The number of hydrogen-bond acceptors (Lipinski definition) is 4. The van der Waals surface area contributed by atoms with Crippen LogP contribution in [0.2, 0.25) is 0 Å². The second-order valence-corrected chi connectivity index (χ2v) is 6.91. The van der Waals surface area contributed by atoms with Gasteiger partial charge in [0.2, 0.25) is 5.88 Å². The zero-order chi connectivity index (χ0) is 17.1. The zero-order valence-electron chi connectivity index (χ0n) is 14.3. The van der Waals surface area contributed by atoms with Gasteiger partial charge in [0.15, 0.2) is 0 Å². The lowest BCUT2D eigenvalue weighted by atomic mass is 9.92. The third-order valence-electron chi connectivity index (χ3n) is 5.23. The number of ether oxygens (including phenoxy) is 1. The number of nitrogens with one attached hydrogen (secondary N) is 1. The molecule has 0 radical (unpaired) electrons. The van der Waals surface area contributed by atoms with E-state index in [1.165, 1.54) is 11.1 Å². The summed E-state index contributed by atoms with van der Waals surface area (Å²) >= 11 is 0. The van der Waals surface area contributed by atoms with E-state index in [4.69, 9.17) is 4.74 Å². The second kappa shape index (κ2) is 7.21. The monoisotopic (exact) mass is 337 g/mol. The average molecular weight is 337 g/mol. The van der Waals surface area contributed by atoms with E-state index < -0.39 is 0 Å². The van der Waals surface area contributed by atoms with Gasteiger partial charge in [-0.25, -0.2) is 4.98 Å². The van der Waals surface area contributed by atoms with Gasteiger partial charge in [-0.15, -0.1) is 0 Å². The molecule has 1 aromatic heterocycles. The number of carbonyl (C=O) groups excluding carboxylic acids is 1. The summed E-state index contributed by atoms with van der Waals surface area (Å²) in [5, 5.41) is 3.23. The van der Waals surface area contributed by atoms with Gasteiger partial charge in [0.1, 0.15) is 6.10 Å². The van der Waals surface area contributed by atoms with Gasteiger partial charge in [0.05, 0.1) is 6.20 Å². The number of aromatic nitrogens is 2. The number of amides is 1. The van der Waals surface area contributed by atoms with Gasteiger partial charge >= 0.3 is 0 Å². The molecular formula is C20H23N3O2.